The number of hydrogen-bond donors (Lipinski definition) is 1. The summed E-state index contributed by atoms with van der Waals surface area (Å²) >= 11 is 0. The normalized spacial score (nSPS) is 11.9. The van der Waals surface area contributed by atoms with E-state index in [1.807, 2.05) is 74.6 Å². The first kappa shape index (κ1) is 18.7. The molecule has 3 aromatic rings. The van der Waals surface area contributed by atoms with E-state index in [0.717, 1.165) is 16.5 Å². The number of nitrogens with zero attached hydrogens (tertiary/aromatic N) is 1. The summed E-state index contributed by atoms with van der Waals surface area (Å²) in [4.78, 5) is 30.4. The van der Waals surface area contributed by atoms with Gasteiger partial charge in [-0.15, -0.1) is 0 Å². The number of esters is 1. The van der Waals surface area contributed by atoms with Gasteiger partial charge in [0.2, 0.25) is 6.10 Å². The van der Waals surface area contributed by atoms with Crippen LogP contribution in [0, 0.1) is 0 Å². The van der Waals surface area contributed by atoms with Crippen LogP contribution in [0.25, 0.3) is 10.9 Å². The average molecular weight is 364 g/mol. The lowest BCUT2D eigenvalue weighted by molar-refractivity contribution is -0.160. The van der Waals surface area contributed by atoms with Gasteiger partial charge in [0.15, 0.2) is 0 Å². The number of carbonyl (C=O) groups excluding carboxylic acids is 2. The molecule has 0 aliphatic rings. The molecule has 0 spiro atoms. The Bertz CT molecular complexity index is 913. The Labute approximate surface area is 158 Å². The van der Waals surface area contributed by atoms with Crippen LogP contribution >= 0.6 is 0 Å². The maximum Gasteiger partial charge on any atom is 0.311 e. The lowest BCUT2D eigenvalue weighted by atomic mass is 10.1. The van der Waals surface area contributed by atoms with Crippen LogP contribution in [-0.2, 0) is 20.7 Å². The molecular weight excluding hydrogens is 340 g/mol. The van der Waals surface area contributed by atoms with Crippen LogP contribution in [0.5, 0.6) is 0 Å². The van der Waals surface area contributed by atoms with Crippen molar-refractivity contribution in [3.05, 3.63) is 71.9 Å². The molecule has 0 radical (unpaired) electrons. The number of rotatable bonds is 7. The summed E-state index contributed by atoms with van der Waals surface area (Å²) < 4.78 is 5.66. The summed E-state index contributed by atoms with van der Waals surface area (Å²) in [5.41, 5.74) is 2.51. The largest absolute Gasteiger partial charge is 0.447 e. The van der Waals surface area contributed by atoms with Gasteiger partial charge in [-0.2, -0.15) is 0 Å². The van der Waals surface area contributed by atoms with Crippen LogP contribution in [0.1, 0.15) is 31.1 Å². The van der Waals surface area contributed by atoms with Gasteiger partial charge in [0.25, 0.3) is 5.91 Å². The van der Waals surface area contributed by atoms with Gasteiger partial charge >= 0.3 is 5.97 Å². The molecule has 0 saturated heterocycles. The third-order valence-corrected chi connectivity index (χ3v) is 4.66. The lowest BCUT2D eigenvalue weighted by Crippen LogP contribution is -2.36. The fourth-order valence-corrected chi connectivity index (χ4v) is 3.20. The molecule has 0 bridgehead atoms. The van der Waals surface area contributed by atoms with Gasteiger partial charge in [-0.1, -0.05) is 48.5 Å². The highest BCUT2D eigenvalue weighted by atomic mass is 16.5. The fraction of sp³-hybridized carbons (Fsp3) is 0.273. The molecule has 0 saturated carbocycles. The molecule has 0 aliphatic carbocycles. The maximum atomic E-state index is 12.9. The predicted octanol–water partition coefficient (Wildman–Crippen LogP) is 3.86. The van der Waals surface area contributed by atoms with Crippen LogP contribution in [0.2, 0.25) is 0 Å². The molecule has 1 heterocycles. The van der Waals surface area contributed by atoms with Crippen LogP contribution in [0.4, 0.5) is 0 Å². The van der Waals surface area contributed by atoms with Crippen LogP contribution in [0.15, 0.2) is 60.8 Å². The number of aromatic nitrogens is 1. The number of nitrogens with one attached hydrogen (secondary N) is 1. The minimum absolute atomic E-state index is 0.110. The number of likely N-dealkylation sites (N-methyl/N-ethyl adjacent to an activating group) is 1. The summed E-state index contributed by atoms with van der Waals surface area (Å²) in [5, 5.41) is 0.987. The van der Waals surface area contributed by atoms with E-state index in [1.54, 1.807) is 4.90 Å². The van der Waals surface area contributed by atoms with E-state index in [9.17, 15) is 9.59 Å². The highest BCUT2D eigenvalue weighted by Gasteiger charge is 2.28. The van der Waals surface area contributed by atoms with Crippen molar-refractivity contribution in [3.63, 3.8) is 0 Å². The third-order valence-electron chi connectivity index (χ3n) is 4.66. The third kappa shape index (κ3) is 4.19. The molecule has 1 aromatic heterocycles. The van der Waals surface area contributed by atoms with Crippen molar-refractivity contribution in [3.8, 4) is 0 Å². The van der Waals surface area contributed by atoms with Crippen LogP contribution < -0.4 is 0 Å². The van der Waals surface area contributed by atoms with Gasteiger partial charge in [-0.05, 0) is 25.5 Å². The number of hydrogen-bond acceptors (Lipinski definition) is 3. The fourth-order valence-electron chi connectivity index (χ4n) is 3.20. The molecule has 1 atom stereocenters. The highest BCUT2D eigenvalue weighted by Crippen LogP contribution is 2.23. The summed E-state index contributed by atoms with van der Waals surface area (Å²) in [6, 6.07) is 17.0. The molecule has 1 amide bonds. The van der Waals surface area contributed by atoms with E-state index in [1.165, 1.54) is 0 Å². The first-order chi connectivity index (χ1) is 13.1. The number of para-hydroxylation sites is 1. The van der Waals surface area contributed by atoms with E-state index in [-0.39, 0.29) is 12.3 Å². The van der Waals surface area contributed by atoms with Gasteiger partial charge < -0.3 is 14.6 Å². The van der Waals surface area contributed by atoms with Crippen molar-refractivity contribution in [1.29, 1.82) is 0 Å². The quantitative estimate of drug-likeness (QED) is 0.648. The summed E-state index contributed by atoms with van der Waals surface area (Å²) in [5.74, 6) is -0.618. The molecule has 0 aliphatic heterocycles. The Morgan fingerprint density at radius 2 is 1.67 bits per heavy atom. The Balaban J connectivity index is 1.81. The van der Waals surface area contributed by atoms with Gasteiger partial charge in [0.1, 0.15) is 0 Å². The van der Waals surface area contributed by atoms with Crippen molar-refractivity contribution < 1.29 is 14.3 Å². The van der Waals surface area contributed by atoms with Gasteiger partial charge in [-0.3, -0.25) is 9.59 Å². The first-order valence-corrected chi connectivity index (χ1v) is 9.22. The molecule has 5 heteroatoms. The molecule has 2 aromatic carbocycles. The zero-order valence-corrected chi connectivity index (χ0v) is 15.6. The van der Waals surface area contributed by atoms with E-state index in [2.05, 4.69) is 4.98 Å². The lowest BCUT2D eigenvalue weighted by Gasteiger charge is -2.25. The van der Waals surface area contributed by atoms with Crippen molar-refractivity contribution in [2.24, 2.45) is 0 Å². The molecular formula is C22H24N2O3. The van der Waals surface area contributed by atoms with E-state index >= 15 is 0 Å². The average Bonchev–Trinajstić information content (AvgIpc) is 3.10. The SMILES string of the molecule is CCN(CC)C(=O)[C@H](OC(=O)Cc1c[nH]c2ccccc12)c1ccccc1. The monoisotopic (exact) mass is 364 g/mol. The van der Waals surface area contributed by atoms with Gasteiger partial charge in [-0.25, -0.2) is 0 Å². The zero-order chi connectivity index (χ0) is 19.2. The van der Waals surface area contributed by atoms with E-state index in [4.69, 9.17) is 4.74 Å². The Morgan fingerprint density at radius 3 is 2.37 bits per heavy atom. The number of H-pyrrole nitrogens is 1. The van der Waals surface area contributed by atoms with Crippen molar-refractivity contribution >= 4 is 22.8 Å². The number of ether oxygens (including phenoxy) is 1. The molecule has 27 heavy (non-hydrogen) atoms. The number of aromatic amines is 1. The second kappa shape index (κ2) is 8.54. The molecule has 140 valence electrons. The number of fused-ring (bicyclic) bond motifs is 1. The maximum absolute atomic E-state index is 12.9. The Hall–Kier alpha value is -3.08. The number of amides is 1. The van der Waals surface area contributed by atoms with Gasteiger partial charge in [0.05, 0.1) is 6.42 Å². The van der Waals surface area contributed by atoms with Crippen LogP contribution in [0.3, 0.4) is 0 Å². The molecule has 1 N–H and O–H groups in total. The minimum Gasteiger partial charge on any atom is -0.447 e. The number of benzene rings is 2. The highest BCUT2D eigenvalue weighted by molar-refractivity contribution is 5.89. The van der Waals surface area contributed by atoms with E-state index in [0.29, 0.717) is 18.7 Å². The topological polar surface area (TPSA) is 62.4 Å². The zero-order valence-electron chi connectivity index (χ0n) is 15.6. The minimum atomic E-state index is -0.927. The second-order valence-corrected chi connectivity index (χ2v) is 6.33. The van der Waals surface area contributed by atoms with Crippen molar-refractivity contribution in [1.82, 2.24) is 9.88 Å². The smallest absolute Gasteiger partial charge is 0.311 e. The first-order valence-electron chi connectivity index (χ1n) is 9.22. The van der Waals surface area contributed by atoms with E-state index < -0.39 is 12.1 Å². The predicted molar refractivity (Wildman–Crippen MR) is 105 cm³/mol. The summed E-state index contributed by atoms with van der Waals surface area (Å²) in [7, 11) is 0. The molecule has 5 nitrogen and oxygen atoms in total. The molecule has 0 unspecified atom stereocenters. The Kier molecular flexibility index (Phi) is 5.91. The number of carbonyl (C=O) groups is 2. The summed E-state index contributed by atoms with van der Waals surface area (Å²) in [6.45, 7) is 4.96. The summed E-state index contributed by atoms with van der Waals surface area (Å²) in [6.07, 6.45) is 0.998. The molecule has 0 fully saturated rings. The van der Waals surface area contributed by atoms with Crippen molar-refractivity contribution in [2.45, 2.75) is 26.4 Å². The molecule has 3 rings (SSSR count). The second-order valence-electron chi connectivity index (χ2n) is 6.33. The van der Waals surface area contributed by atoms with Gasteiger partial charge in [0, 0.05) is 35.8 Å². The Morgan fingerprint density at radius 1 is 1.00 bits per heavy atom. The standard InChI is InChI=1S/C22H24N2O3/c1-3-24(4-2)22(26)21(16-10-6-5-7-11-16)27-20(25)14-17-15-23-19-13-9-8-12-18(17)19/h5-13,15,21,23H,3-4,14H2,1-2H3/t21-/m1/s1. The van der Waals surface area contributed by atoms with Crippen LogP contribution in [-0.4, -0.2) is 34.8 Å². The van der Waals surface area contributed by atoms with Crippen molar-refractivity contribution in [2.75, 3.05) is 13.1 Å².